The number of unbranched alkanes of at least 4 members (excludes halogenated alkanes) is 2. The minimum absolute atomic E-state index is 0.150. The Hall–Kier alpha value is -1.59. The van der Waals surface area contributed by atoms with Gasteiger partial charge in [0.05, 0.1) is 6.61 Å². The molecule has 1 aromatic rings. The molecule has 1 unspecified atom stereocenters. The number of aliphatic hydroxyl groups excluding tert-OH is 1. The van der Waals surface area contributed by atoms with Crippen LogP contribution >= 0.6 is 0 Å². The van der Waals surface area contributed by atoms with Crippen LogP contribution in [0.5, 0.6) is 5.75 Å². The molecule has 1 aromatic carbocycles. The maximum Gasteiger partial charge on any atom is 0.306 e. The summed E-state index contributed by atoms with van der Waals surface area (Å²) >= 11 is 0. The molecule has 0 amide bonds. The number of carbonyl (C=O) groups is 1. The zero-order chi connectivity index (χ0) is 16.2. The Morgan fingerprint density at radius 1 is 1.23 bits per heavy atom. The van der Waals surface area contributed by atoms with Gasteiger partial charge in [-0.1, -0.05) is 24.6 Å². The molecular formula is C17H26O5. The number of benzene rings is 1. The molecule has 1 atom stereocenters. The molecular weight excluding hydrogens is 284 g/mol. The number of aryl methyl sites for hydroxylation is 1. The van der Waals surface area contributed by atoms with Gasteiger partial charge in [0.15, 0.2) is 6.10 Å². The lowest BCUT2D eigenvalue weighted by atomic mass is 10.2. The monoisotopic (exact) mass is 310 g/mol. The first-order valence-electron chi connectivity index (χ1n) is 7.65. The first-order chi connectivity index (χ1) is 10.7. The Morgan fingerprint density at radius 3 is 2.68 bits per heavy atom. The van der Waals surface area contributed by atoms with E-state index in [2.05, 4.69) is 0 Å². The smallest absolute Gasteiger partial charge is 0.306 e. The second-order valence-corrected chi connectivity index (χ2v) is 5.17. The summed E-state index contributed by atoms with van der Waals surface area (Å²) in [5.74, 6) is 0.432. The number of hydrogen-bond donors (Lipinski definition) is 1. The number of carbonyl (C=O) groups excluding carboxylic acids is 1. The van der Waals surface area contributed by atoms with Crippen molar-refractivity contribution in [1.82, 2.24) is 0 Å². The lowest BCUT2D eigenvalue weighted by molar-refractivity contribution is -0.153. The highest BCUT2D eigenvalue weighted by atomic mass is 16.6. The van der Waals surface area contributed by atoms with Crippen molar-refractivity contribution in [2.24, 2.45) is 0 Å². The predicted molar refractivity (Wildman–Crippen MR) is 84.0 cm³/mol. The molecule has 0 aliphatic carbocycles. The molecule has 0 bridgehead atoms. The normalized spacial score (nSPS) is 12.0. The fourth-order valence-electron chi connectivity index (χ4n) is 1.96. The summed E-state index contributed by atoms with van der Waals surface area (Å²) in [6.07, 6.45) is 2.34. The number of rotatable bonds is 11. The molecule has 5 heteroatoms. The molecule has 1 rings (SSSR count). The number of aliphatic hydroxyl groups is 1. The van der Waals surface area contributed by atoms with Crippen molar-refractivity contribution in [1.29, 1.82) is 0 Å². The van der Waals surface area contributed by atoms with Crippen molar-refractivity contribution in [3.63, 3.8) is 0 Å². The standard InChI is InChI=1S/C17H26O5/c1-14-8-5-6-9-16(14)21-13-15(12-18)22-17(19)10-4-3-7-11-20-2/h5-6,8-9,15,18H,3-4,7,10-13H2,1-2H3. The highest BCUT2D eigenvalue weighted by Crippen LogP contribution is 2.16. The third-order valence-corrected chi connectivity index (χ3v) is 3.25. The summed E-state index contributed by atoms with van der Waals surface area (Å²) in [7, 11) is 1.66. The highest BCUT2D eigenvalue weighted by molar-refractivity contribution is 5.69. The molecule has 0 saturated carbocycles. The van der Waals surface area contributed by atoms with E-state index in [0.717, 1.165) is 30.6 Å². The molecule has 0 radical (unpaired) electrons. The molecule has 0 heterocycles. The van der Waals surface area contributed by atoms with Crippen molar-refractivity contribution >= 4 is 5.97 Å². The molecule has 22 heavy (non-hydrogen) atoms. The minimum atomic E-state index is -0.633. The Labute approximate surface area is 132 Å². The van der Waals surface area contributed by atoms with E-state index >= 15 is 0 Å². The molecule has 0 fully saturated rings. The van der Waals surface area contributed by atoms with E-state index in [1.807, 2.05) is 31.2 Å². The van der Waals surface area contributed by atoms with Gasteiger partial charge in [0.1, 0.15) is 12.4 Å². The summed E-state index contributed by atoms with van der Waals surface area (Å²) in [5.41, 5.74) is 1.00. The second kappa shape index (κ2) is 11.0. The second-order valence-electron chi connectivity index (χ2n) is 5.17. The van der Waals surface area contributed by atoms with Crippen LogP contribution in [0, 0.1) is 6.92 Å². The van der Waals surface area contributed by atoms with E-state index in [1.165, 1.54) is 0 Å². The van der Waals surface area contributed by atoms with Gasteiger partial charge in [0, 0.05) is 20.1 Å². The van der Waals surface area contributed by atoms with Gasteiger partial charge in [-0.2, -0.15) is 0 Å². The van der Waals surface area contributed by atoms with E-state index in [0.29, 0.717) is 13.0 Å². The fourth-order valence-corrected chi connectivity index (χ4v) is 1.96. The van der Waals surface area contributed by atoms with Gasteiger partial charge >= 0.3 is 5.97 Å². The summed E-state index contributed by atoms with van der Waals surface area (Å²) in [5, 5.41) is 9.29. The third-order valence-electron chi connectivity index (χ3n) is 3.25. The van der Waals surface area contributed by atoms with Gasteiger partial charge in [-0.05, 0) is 31.4 Å². The Morgan fingerprint density at radius 2 is 2.00 bits per heavy atom. The van der Waals surface area contributed by atoms with Crippen LogP contribution in [0.3, 0.4) is 0 Å². The molecule has 0 aliphatic rings. The number of ether oxygens (including phenoxy) is 3. The lowest BCUT2D eigenvalue weighted by Crippen LogP contribution is -2.28. The molecule has 5 nitrogen and oxygen atoms in total. The molecule has 124 valence electrons. The Balaban J connectivity index is 2.26. The van der Waals surface area contributed by atoms with Crippen LogP contribution in [0.2, 0.25) is 0 Å². The highest BCUT2D eigenvalue weighted by Gasteiger charge is 2.14. The Bertz CT molecular complexity index is 433. The molecule has 0 aromatic heterocycles. The van der Waals surface area contributed by atoms with Crippen LogP contribution in [-0.2, 0) is 14.3 Å². The molecule has 0 spiro atoms. The minimum Gasteiger partial charge on any atom is -0.489 e. The summed E-state index contributed by atoms with van der Waals surface area (Å²) in [6.45, 7) is 2.55. The molecule has 0 saturated heterocycles. The van der Waals surface area contributed by atoms with Crippen LogP contribution < -0.4 is 4.74 Å². The SMILES string of the molecule is COCCCCCC(=O)OC(CO)COc1ccccc1C. The number of para-hydroxylation sites is 1. The van der Waals surface area contributed by atoms with E-state index in [1.54, 1.807) is 7.11 Å². The molecule has 0 aliphatic heterocycles. The number of esters is 1. The third kappa shape index (κ3) is 7.43. The zero-order valence-corrected chi connectivity index (χ0v) is 13.4. The number of methoxy groups -OCH3 is 1. The van der Waals surface area contributed by atoms with Gasteiger partial charge < -0.3 is 19.3 Å². The van der Waals surface area contributed by atoms with E-state index in [9.17, 15) is 9.90 Å². The molecule has 1 N–H and O–H groups in total. The lowest BCUT2D eigenvalue weighted by Gasteiger charge is -2.17. The average Bonchev–Trinajstić information content (AvgIpc) is 2.52. The van der Waals surface area contributed by atoms with Crippen molar-refractivity contribution in [3.05, 3.63) is 29.8 Å². The maximum atomic E-state index is 11.7. The van der Waals surface area contributed by atoms with Gasteiger partial charge in [-0.15, -0.1) is 0 Å². The van der Waals surface area contributed by atoms with Gasteiger partial charge in [0.25, 0.3) is 0 Å². The van der Waals surface area contributed by atoms with Crippen molar-refractivity contribution in [3.8, 4) is 5.75 Å². The topological polar surface area (TPSA) is 65.0 Å². The first-order valence-corrected chi connectivity index (χ1v) is 7.65. The summed E-state index contributed by atoms with van der Waals surface area (Å²) in [6, 6.07) is 7.59. The maximum absolute atomic E-state index is 11.7. The summed E-state index contributed by atoms with van der Waals surface area (Å²) < 4.78 is 15.8. The van der Waals surface area contributed by atoms with E-state index in [4.69, 9.17) is 14.2 Å². The van der Waals surface area contributed by atoms with Crippen LogP contribution in [0.4, 0.5) is 0 Å². The van der Waals surface area contributed by atoms with Crippen molar-refractivity contribution < 1.29 is 24.1 Å². The number of hydrogen-bond acceptors (Lipinski definition) is 5. The quantitative estimate of drug-likeness (QED) is 0.502. The van der Waals surface area contributed by atoms with Gasteiger partial charge in [-0.3, -0.25) is 4.79 Å². The van der Waals surface area contributed by atoms with Crippen LogP contribution in [0.1, 0.15) is 31.2 Å². The average molecular weight is 310 g/mol. The van der Waals surface area contributed by atoms with Crippen molar-refractivity contribution in [2.45, 2.75) is 38.7 Å². The van der Waals surface area contributed by atoms with E-state index in [-0.39, 0.29) is 19.2 Å². The van der Waals surface area contributed by atoms with Gasteiger partial charge in [0.2, 0.25) is 0 Å². The van der Waals surface area contributed by atoms with Gasteiger partial charge in [-0.25, -0.2) is 0 Å². The Kier molecular flexibility index (Phi) is 9.26. The van der Waals surface area contributed by atoms with Crippen molar-refractivity contribution in [2.75, 3.05) is 26.9 Å². The largest absolute Gasteiger partial charge is 0.489 e. The predicted octanol–water partition coefficient (Wildman–Crippen LogP) is 2.48. The summed E-state index contributed by atoms with van der Waals surface area (Å²) in [4.78, 5) is 11.7. The van der Waals surface area contributed by atoms with E-state index < -0.39 is 6.10 Å². The van der Waals surface area contributed by atoms with Crippen LogP contribution in [0.15, 0.2) is 24.3 Å². The zero-order valence-electron chi connectivity index (χ0n) is 13.4. The van der Waals surface area contributed by atoms with Crippen LogP contribution in [-0.4, -0.2) is 44.1 Å². The first kappa shape index (κ1) is 18.5. The van der Waals surface area contributed by atoms with Crippen LogP contribution in [0.25, 0.3) is 0 Å². The fraction of sp³-hybridized carbons (Fsp3) is 0.588.